The Morgan fingerprint density at radius 3 is 2.45 bits per heavy atom. The summed E-state index contributed by atoms with van der Waals surface area (Å²) in [5.74, 6) is 0.133. The van der Waals surface area contributed by atoms with Crippen molar-refractivity contribution in [3.05, 3.63) is 108 Å². The molecule has 0 radical (unpaired) electrons. The molecule has 42 heavy (non-hydrogen) atoms. The number of hydrogen-bond donors (Lipinski definition) is 2. The summed E-state index contributed by atoms with van der Waals surface area (Å²) in [5.41, 5.74) is 5.99. The van der Waals surface area contributed by atoms with Gasteiger partial charge in [-0.25, -0.2) is 4.79 Å². The van der Waals surface area contributed by atoms with Gasteiger partial charge in [0.25, 0.3) is 0 Å². The van der Waals surface area contributed by atoms with Crippen LogP contribution >= 0.6 is 0 Å². The summed E-state index contributed by atoms with van der Waals surface area (Å²) < 4.78 is 23.8. The number of nitrogens with one attached hydrogen (secondary N) is 1. The number of aliphatic hydroxyl groups is 1. The molecular formula is C34H40N2O6. The number of benzene rings is 3. The number of hydrogen-bond acceptors (Lipinski definition) is 7. The van der Waals surface area contributed by atoms with Gasteiger partial charge in [0.1, 0.15) is 6.61 Å². The van der Waals surface area contributed by atoms with Gasteiger partial charge >= 0.3 is 6.09 Å². The van der Waals surface area contributed by atoms with E-state index in [1.165, 1.54) is 6.08 Å². The summed E-state index contributed by atoms with van der Waals surface area (Å²) in [5, 5.41) is 12.3. The van der Waals surface area contributed by atoms with E-state index in [1.54, 1.807) is 0 Å². The third-order valence-electron chi connectivity index (χ3n) is 7.88. The van der Waals surface area contributed by atoms with E-state index in [-0.39, 0.29) is 31.3 Å². The van der Waals surface area contributed by atoms with E-state index < -0.39 is 12.4 Å². The zero-order chi connectivity index (χ0) is 29.3. The highest BCUT2D eigenvalue weighted by Crippen LogP contribution is 2.42. The lowest BCUT2D eigenvalue weighted by Crippen LogP contribution is -2.47. The first-order valence-electron chi connectivity index (χ1n) is 14.6. The Kier molecular flexibility index (Phi) is 10.4. The lowest BCUT2D eigenvalue weighted by Gasteiger charge is -2.43. The molecule has 5 rings (SSSR count). The molecule has 3 aromatic carbocycles. The molecule has 3 aromatic rings. The maximum absolute atomic E-state index is 11.8. The molecule has 2 N–H and O–H groups in total. The summed E-state index contributed by atoms with van der Waals surface area (Å²) in [4.78, 5) is 14.2. The topological polar surface area (TPSA) is 89.5 Å². The Bertz CT molecular complexity index is 1310. The minimum absolute atomic E-state index is 0.0147. The highest BCUT2D eigenvalue weighted by atomic mass is 16.7. The van der Waals surface area contributed by atoms with Crippen molar-refractivity contribution in [2.45, 2.75) is 38.6 Å². The van der Waals surface area contributed by atoms with Crippen LogP contribution in [-0.2, 0) is 32.1 Å². The van der Waals surface area contributed by atoms with Crippen LogP contribution in [-0.4, -0.2) is 61.7 Å². The van der Waals surface area contributed by atoms with E-state index in [1.807, 2.05) is 42.5 Å². The van der Waals surface area contributed by atoms with Crippen LogP contribution in [0.5, 0.6) is 0 Å². The highest BCUT2D eigenvalue weighted by Gasteiger charge is 2.39. The molecule has 0 unspecified atom stereocenters. The number of aliphatic hydroxyl groups excluding tert-OH is 1. The number of nitrogens with zero attached hydrogens (tertiary/aromatic N) is 1. The van der Waals surface area contributed by atoms with Gasteiger partial charge in [0, 0.05) is 37.7 Å². The van der Waals surface area contributed by atoms with Crippen LogP contribution in [0.4, 0.5) is 4.79 Å². The van der Waals surface area contributed by atoms with Crippen molar-refractivity contribution < 1.29 is 28.8 Å². The van der Waals surface area contributed by atoms with E-state index >= 15 is 0 Å². The van der Waals surface area contributed by atoms with Gasteiger partial charge in [-0.3, -0.25) is 4.90 Å². The van der Waals surface area contributed by atoms with E-state index in [0.717, 1.165) is 66.2 Å². The first-order chi connectivity index (χ1) is 20.5. The molecular weight excluding hydrogens is 532 g/mol. The van der Waals surface area contributed by atoms with Gasteiger partial charge in [-0.05, 0) is 33.9 Å². The second-order valence-corrected chi connectivity index (χ2v) is 10.8. The summed E-state index contributed by atoms with van der Waals surface area (Å²) in [6.07, 6.45) is 0.381. The number of rotatable bonds is 10. The Balaban J connectivity index is 1.32. The molecule has 2 saturated heterocycles. The average molecular weight is 573 g/mol. The maximum Gasteiger partial charge on any atom is 0.407 e. The minimum Gasteiger partial charge on any atom is -0.445 e. The fraction of sp³-hybridized carbons (Fsp3) is 0.382. The van der Waals surface area contributed by atoms with Crippen molar-refractivity contribution in [3.8, 4) is 11.1 Å². The van der Waals surface area contributed by atoms with E-state index in [4.69, 9.17) is 18.9 Å². The van der Waals surface area contributed by atoms with Crippen LogP contribution in [0.15, 0.2) is 85.5 Å². The molecule has 0 saturated carbocycles. The van der Waals surface area contributed by atoms with Crippen LogP contribution in [0.1, 0.15) is 41.6 Å². The SMILES string of the molecule is C=CCOC(=O)NCc1cccc(-c2ccc([C@@H]3O[C@H](CN4CCOCC4)[C@H](C)[C@H](c4ccc(CO)cc4)O3)cc2)c1. The first-order valence-corrected chi connectivity index (χ1v) is 14.6. The molecule has 4 atom stereocenters. The second-order valence-electron chi connectivity index (χ2n) is 10.8. The number of carbonyl (C=O) groups is 1. The van der Waals surface area contributed by atoms with E-state index in [0.29, 0.717) is 6.54 Å². The van der Waals surface area contributed by atoms with Crippen LogP contribution in [0.2, 0.25) is 0 Å². The summed E-state index contributed by atoms with van der Waals surface area (Å²) in [7, 11) is 0. The molecule has 2 aliphatic heterocycles. The summed E-state index contributed by atoms with van der Waals surface area (Å²) >= 11 is 0. The maximum atomic E-state index is 11.8. The minimum atomic E-state index is -0.513. The van der Waals surface area contributed by atoms with Crippen molar-refractivity contribution in [2.75, 3.05) is 39.5 Å². The van der Waals surface area contributed by atoms with Crippen LogP contribution in [0, 0.1) is 5.92 Å². The number of amides is 1. The summed E-state index contributed by atoms with van der Waals surface area (Å²) in [6, 6.07) is 24.3. The Morgan fingerprint density at radius 1 is 1.00 bits per heavy atom. The third kappa shape index (κ3) is 7.65. The van der Waals surface area contributed by atoms with Crippen LogP contribution in [0.3, 0.4) is 0 Å². The van der Waals surface area contributed by atoms with Gasteiger partial charge < -0.3 is 29.4 Å². The number of carbonyl (C=O) groups excluding carboxylic acids is 1. The predicted octanol–water partition coefficient (Wildman–Crippen LogP) is 5.38. The fourth-order valence-electron chi connectivity index (χ4n) is 5.42. The molecule has 2 heterocycles. The van der Waals surface area contributed by atoms with Crippen molar-refractivity contribution in [3.63, 3.8) is 0 Å². The Hall–Kier alpha value is -3.53. The fourth-order valence-corrected chi connectivity index (χ4v) is 5.42. The zero-order valence-electron chi connectivity index (χ0n) is 24.1. The molecule has 0 bridgehead atoms. The van der Waals surface area contributed by atoms with Gasteiger partial charge in [-0.1, -0.05) is 86.3 Å². The molecule has 0 spiro atoms. The monoisotopic (exact) mass is 572 g/mol. The largest absolute Gasteiger partial charge is 0.445 e. The zero-order valence-corrected chi connectivity index (χ0v) is 24.1. The number of ether oxygens (including phenoxy) is 4. The van der Waals surface area contributed by atoms with Gasteiger partial charge in [0.2, 0.25) is 0 Å². The normalized spacial score (nSPS) is 22.8. The molecule has 2 fully saturated rings. The number of alkyl carbamates (subject to hydrolysis) is 1. The molecule has 0 aliphatic carbocycles. The molecule has 8 nitrogen and oxygen atoms in total. The average Bonchev–Trinajstić information content (AvgIpc) is 3.04. The Labute approximate surface area is 247 Å². The number of morpholine rings is 1. The Morgan fingerprint density at radius 2 is 1.74 bits per heavy atom. The van der Waals surface area contributed by atoms with Crippen molar-refractivity contribution in [1.29, 1.82) is 0 Å². The molecule has 222 valence electrons. The quantitative estimate of drug-likeness (QED) is 0.315. The van der Waals surface area contributed by atoms with Gasteiger partial charge in [0.15, 0.2) is 6.29 Å². The van der Waals surface area contributed by atoms with Crippen LogP contribution in [0.25, 0.3) is 11.1 Å². The van der Waals surface area contributed by atoms with Gasteiger partial charge in [0.05, 0.1) is 32.0 Å². The molecule has 0 aromatic heterocycles. The van der Waals surface area contributed by atoms with Crippen molar-refractivity contribution >= 4 is 6.09 Å². The van der Waals surface area contributed by atoms with Gasteiger partial charge in [-0.15, -0.1) is 0 Å². The molecule has 8 heteroatoms. The lowest BCUT2D eigenvalue weighted by molar-refractivity contribution is -0.277. The van der Waals surface area contributed by atoms with Crippen LogP contribution < -0.4 is 5.32 Å². The van der Waals surface area contributed by atoms with Crippen molar-refractivity contribution in [2.24, 2.45) is 5.92 Å². The van der Waals surface area contributed by atoms with E-state index in [9.17, 15) is 9.90 Å². The molecule has 1 amide bonds. The third-order valence-corrected chi connectivity index (χ3v) is 7.88. The standard InChI is InChI=1S/C34H40N2O6/c1-3-17-40-34(38)35-21-26-5-4-6-30(20-26)27-11-13-29(14-12-27)33-41-31(22-36-15-18-39-19-16-36)24(2)32(42-33)28-9-7-25(23-37)8-10-28/h3-14,20,24,31-33,37H,1,15-19,21-23H2,2H3,(H,35,38)/t24-,31+,32+,33+/m0/s1. The first kappa shape index (κ1) is 29.9. The molecule has 2 aliphatic rings. The smallest absolute Gasteiger partial charge is 0.407 e. The lowest BCUT2D eigenvalue weighted by atomic mass is 9.90. The second kappa shape index (κ2) is 14.6. The van der Waals surface area contributed by atoms with Gasteiger partial charge in [-0.2, -0.15) is 0 Å². The highest BCUT2D eigenvalue weighted by molar-refractivity contribution is 5.68. The van der Waals surface area contributed by atoms with E-state index in [2.05, 4.69) is 54.1 Å². The summed E-state index contributed by atoms with van der Waals surface area (Å²) in [6.45, 7) is 10.4. The predicted molar refractivity (Wildman–Crippen MR) is 160 cm³/mol. The van der Waals surface area contributed by atoms with Crippen molar-refractivity contribution in [1.82, 2.24) is 10.2 Å².